The molecule has 0 amide bonds. The second-order valence-electron chi connectivity index (χ2n) is 8.20. The fourth-order valence-corrected chi connectivity index (χ4v) is 4.97. The summed E-state index contributed by atoms with van der Waals surface area (Å²) in [4.78, 5) is 3.47. The van der Waals surface area contributed by atoms with Gasteiger partial charge in [-0.05, 0) is 78.7 Å². The van der Waals surface area contributed by atoms with E-state index in [4.69, 9.17) is 14.2 Å². The van der Waals surface area contributed by atoms with E-state index in [-0.39, 0.29) is 6.79 Å². The Morgan fingerprint density at radius 2 is 1.48 bits per heavy atom. The maximum Gasteiger partial charge on any atom is 0.188 e. The third kappa shape index (κ3) is 5.99. The average molecular weight is 462 g/mol. The minimum Gasteiger partial charge on any atom is -0.492 e. The quantitative estimate of drug-likeness (QED) is 0.361. The molecule has 0 bridgehead atoms. The molecule has 0 saturated heterocycles. The van der Waals surface area contributed by atoms with Crippen LogP contribution in [0, 0.1) is 0 Å². The number of fused-ring (bicyclic) bond motifs is 1. The zero-order valence-corrected chi connectivity index (χ0v) is 20.4. The fraction of sp³-hybridized carbons (Fsp3) is 0.286. The lowest BCUT2D eigenvalue weighted by atomic mass is 9.88. The van der Waals surface area contributed by atoms with Crippen molar-refractivity contribution in [2.24, 2.45) is 0 Å². The first-order valence-corrected chi connectivity index (χ1v) is 12.2. The molecule has 0 aliphatic carbocycles. The van der Waals surface area contributed by atoms with E-state index in [2.05, 4.69) is 79.7 Å². The van der Waals surface area contributed by atoms with Crippen LogP contribution in [0.1, 0.15) is 23.1 Å². The highest BCUT2D eigenvalue weighted by Crippen LogP contribution is 2.43. The molecule has 4 nitrogen and oxygen atoms in total. The molecule has 4 rings (SSSR count). The van der Waals surface area contributed by atoms with Gasteiger partial charge in [-0.3, -0.25) is 0 Å². The van der Waals surface area contributed by atoms with E-state index >= 15 is 0 Å². The highest BCUT2D eigenvalue weighted by molar-refractivity contribution is 7.99. The number of allylic oxidation sites excluding steroid dienone is 1. The molecule has 33 heavy (non-hydrogen) atoms. The lowest BCUT2D eigenvalue weighted by Gasteiger charge is -2.23. The first-order chi connectivity index (χ1) is 16.2. The average Bonchev–Trinajstić information content (AvgIpc) is 2.84. The SMILES string of the molecule is COCOc1ccc(C(=C2CCSc3ccccc32)c2ccc(OCCN(C)C)cc2)cc1. The second kappa shape index (κ2) is 11.4. The number of nitrogens with zero attached hydrogens (tertiary/aromatic N) is 1. The summed E-state index contributed by atoms with van der Waals surface area (Å²) in [5.74, 6) is 2.78. The number of rotatable bonds is 9. The predicted molar refractivity (Wildman–Crippen MR) is 137 cm³/mol. The minimum absolute atomic E-state index is 0.243. The van der Waals surface area contributed by atoms with E-state index in [1.54, 1.807) is 7.11 Å². The first kappa shape index (κ1) is 23.4. The van der Waals surface area contributed by atoms with Gasteiger partial charge in [-0.2, -0.15) is 0 Å². The van der Waals surface area contributed by atoms with Crippen LogP contribution in [0.15, 0.2) is 77.7 Å². The molecule has 1 aliphatic rings. The van der Waals surface area contributed by atoms with Gasteiger partial charge >= 0.3 is 0 Å². The van der Waals surface area contributed by atoms with Crippen LogP contribution in [-0.2, 0) is 4.74 Å². The van der Waals surface area contributed by atoms with Crippen LogP contribution in [-0.4, -0.2) is 51.8 Å². The standard InChI is InChI=1S/C28H31NO3S/c1-29(2)17-18-31-23-12-8-21(9-13-23)28(22-10-14-24(15-11-22)32-20-30-3)26-16-19-33-27-7-5-4-6-25(26)27/h4-15H,16-20H2,1-3H3. The van der Waals surface area contributed by atoms with Crippen molar-refractivity contribution in [1.82, 2.24) is 4.90 Å². The van der Waals surface area contributed by atoms with Gasteiger partial charge in [0.25, 0.3) is 0 Å². The Hall–Kier alpha value is -2.73. The summed E-state index contributed by atoms with van der Waals surface area (Å²) in [6, 6.07) is 25.5. The van der Waals surface area contributed by atoms with Gasteiger partial charge in [0.05, 0.1) is 0 Å². The van der Waals surface area contributed by atoms with Crippen LogP contribution < -0.4 is 9.47 Å². The molecule has 0 aromatic heterocycles. The van der Waals surface area contributed by atoms with Gasteiger partial charge in [-0.25, -0.2) is 0 Å². The first-order valence-electron chi connectivity index (χ1n) is 11.2. The summed E-state index contributed by atoms with van der Waals surface area (Å²) in [6.07, 6.45) is 1.03. The molecular weight excluding hydrogens is 430 g/mol. The van der Waals surface area contributed by atoms with Gasteiger partial charge in [-0.15, -0.1) is 11.8 Å². The van der Waals surface area contributed by atoms with Gasteiger partial charge in [-0.1, -0.05) is 42.5 Å². The van der Waals surface area contributed by atoms with Crippen molar-refractivity contribution in [1.29, 1.82) is 0 Å². The van der Waals surface area contributed by atoms with E-state index < -0.39 is 0 Å². The van der Waals surface area contributed by atoms with Gasteiger partial charge in [0.15, 0.2) is 6.79 Å². The van der Waals surface area contributed by atoms with Crippen molar-refractivity contribution in [2.75, 3.05) is 46.9 Å². The molecular formula is C28H31NO3S. The number of methoxy groups -OCH3 is 1. The van der Waals surface area contributed by atoms with Crippen LogP contribution >= 0.6 is 11.8 Å². The van der Waals surface area contributed by atoms with Gasteiger partial charge in [0.2, 0.25) is 0 Å². The molecule has 3 aromatic carbocycles. The molecule has 0 atom stereocenters. The molecule has 0 N–H and O–H groups in total. The summed E-state index contributed by atoms with van der Waals surface area (Å²) < 4.78 is 16.6. The smallest absolute Gasteiger partial charge is 0.188 e. The second-order valence-corrected chi connectivity index (χ2v) is 9.34. The molecule has 0 unspecified atom stereocenters. The predicted octanol–water partition coefficient (Wildman–Crippen LogP) is 6.06. The number of hydrogen-bond acceptors (Lipinski definition) is 5. The van der Waals surface area contributed by atoms with Crippen molar-refractivity contribution in [3.05, 3.63) is 89.5 Å². The summed E-state index contributed by atoms with van der Waals surface area (Å²) in [5, 5.41) is 0. The molecule has 1 heterocycles. The third-order valence-electron chi connectivity index (χ3n) is 5.56. The third-order valence-corrected chi connectivity index (χ3v) is 6.64. The number of likely N-dealkylation sites (N-methyl/N-ethyl adjacent to an activating group) is 1. The molecule has 0 radical (unpaired) electrons. The molecule has 0 fully saturated rings. The molecule has 1 aliphatic heterocycles. The highest BCUT2D eigenvalue weighted by Gasteiger charge is 2.20. The summed E-state index contributed by atoms with van der Waals surface area (Å²) >= 11 is 1.93. The van der Waals surface area contributed by atoms with Crippen LogP contribution in [0.25, 0.3) is 11.1 Å². The van der Waals surface area contributed by atoms with E-state index in [0.717, 1.165) is 30.2 Å². The normalized spacial score (nSPS) is 14.7. The van der Waals surface area contributed by atoms with Crippen molar-refractivity contribution >= 4 is 22.9 Å². The van der Waals surface area contributed by atoms with Gasteiger partial charge in [0, 0.05) is 24.3 Å². The van der Waals surface area contributed by atoms with Gasteiger partial charge in [0.1, 0.15) is 18.1 Å². The summed E-state index contributed by atoms with van der Waals surface area (Å²) in [7, 11) is 5.73. The molecule has 3 aromatic rings. The Morgan fingerprint density at radius 3 is 2.12 bits per heavy atom. The Labute approximate surface area is 201 Å². The maximum atomic E-state index is 5.92. The molecule has 172 valence electrons. The molecule has 0 saturated carbocycles. The van der Waals surface area contributed by atoms with Crippen LogP contribution in [0.2, 0.25) is 0 Å². The Morgan fingerprint density at radius 1 is 0.848 bits per heavy atom. The van der Waals surface area contributed by atoms with E-state index in [1.165, 1.54) is 32.7 Å². The number of ether oxygens (including phenoxy) is 3. The topological polar surface area (TPSA) is 30.9 Å². The Kier molecular flexibility index (Phi) is 8.10. The van der Waals surface area contributed by atoms with E-state index in [0.29, 0.717) is 6.61 Å². The van der Waals surface area contributed by atoms with Gasteiger partial charge < -0.3 is 19.1 Å². The Bertz CT molecular complexity index is 1080. The fourth-order valence-electron chi connectivity index (χ4n) is 3.92. The zero-order chi connectivity index (χ0) is 23.0. The maximum absolute atomic E-state index is 5.92. The van der Waals surface area contributed by atoms with Crippen LogP contribution in [0.5, 0.6) is 11.5 Å². The van der Waals surface area contributed by atoms with E-state index in [1.807, 2.05) is 23.9 Å². The zero-order valence-electron chi connectivity index (χ0n) is 19.5. The minimum atomic E-state index is 0.243. The lowest BCUT2D eigenvalue weighted by Crippen LogP contribution is -2.19. The monoisotopic (exact) mass is 461 g/mol. The van der Waals surface area contributed by atoms with Crippen molar-refractivity contribution in [2.45, 2.75) is 11.3 Å². The van der Waals surface area contributed by atoms with Crippen molar-refractivity contribution in [3.8, 4) is 11.5 Å². The van der Waals surface area contributed by atoms with Crippen molar-refractivity contribution in [3.63, 3.8) is 0 Å². The van der Waals surface area contributed by atoms with Crippen LogP contribution in [0.4, 0.5) is 0 Å². The lowest BCUT2D eigenvalue weighted by molar-refractivity contribution is 0.0511. The largest absolute Gasteiger partial charge is 0.492 e. The van der Waals surface area contributed by atoms with Crippen molar-refractivity contribution < 1.29 is 14.2 Å². The number of benzene rings is 3. The van der Waals surface area contributed by atoms with E-state index in [9.17, 15) is 0 Å². The highest BCUT2D eigenvalue weighted by atomic mass is 32.2. The number of hydrogen-bond donors (Lipinski definition) is 0. The van der Waals surface area contributed by atoms with Crippen LogP contribution in [0.3, 0.4) is 0 Å². The Balaban J connectivity index is 1.72. The molecule has 5 heteroatoms. The molecule has 0 spiro atoms. The number of thioether (sulfide) groups is 1. The summed E-state index contributed by atoms with van der Waals surface area (Å²) in [5.41, 5.74) is 6.35. The summed E-state index contributed by atoms with van der Waals surface area (Å²) in [6.45, 7) is 1.81.